The Labute approximate surface area is 114 Å². The number of benzene rings is 1. The van der Waals surface area contributed by atoms with Crippen molar-refractivity contribution in [1.82, 2.24) is 10.6 Å². The van der Waals surface area contributed by atoms with E-state index in [-0.39, 0.29) is 11.9 Å². The van der Waals surface area contributed by atoms with E-state index < -0.39 is 0 Å². The van der Waals surface area contributed by atoms with Crippen LogP contribution in [0.2, 0.25) is 0 Å². The van der Waals surface area contributed by atoms with E-state index in [4.69, 9.17) is 0 Å². The van der Waals surface area contributed by atoms with Crippen molar-refractivity contribution in [1.29, 1.82) is 0 Å². The quantitative estimate of drug-likeness (QED) is 0.849. The molecule has 2 N–H and O–H groups in total. The van der Waals surface area contributed by atoms with Gasteiger partial charge in [0.1, 0.15) is 0 Å². The predicted octanol–water partition coefficient (Wildman–Crippen LogP) is 1.80. The second-order valence-electron chi connectivity index (χ2n) is 5.71. The maximum atomic E-state index is 12.0. The van der Waals surface area contributed by atoms with Crippen molar-refractivity contribution in [2.45, 2.75) is 50.6 Å². The first-order chi connectivity index (χ1) is 9.33. The largest absolute Gasteiger partial charge is 0.355 e. The van der Waals surface area contributed by atoms with Gasteiger partial charge in [0.2, 0.25) is 5.91 Å². The Morgan fingerprint density at radius 2 is 1.95 bits per heavy atom. The maximum absolute atomic E-state index is 12.0. The van der Waals surface area contributed by atoms with Gasteiger partial charge < -0.3 is 10.6 Å². The van der Waals surface area contributed by atoms with Crippen LogP contribution in [0.25, 0.3) is 0 Å². The molecule has 1 aromatic carbocycles. The zero-order chi connectivity index (χ0) is 13.1. The Morgan fingerprint density at radius 3 is 2.84 bits per heavy atom. The Bertz CT molecular complexity index is 458. The number of carbonyl (C=O) groups is 1. The number of hydrogen-bond acceptors (Lipinski definition) is 2. The minimum absolute atomic E-state index is 0.0118. The molecule has 3 nitrogen and oxygen atoms in total. The molecular weight excluding hydrogens is 236 g/mol. The van der Waals surface area contributed by atoms with Crippen LogP contribution in [0.5, 0.6) is 0 Å². The monoisotopic (exact) mass is 258 g/mol. The molecule has 102 valence electrons. The van der Waals surface area contributed by atoms with Gasteiger partial charge in [-0.15, -0.1) is 0 Å². The summed E-state index contributed by atoms with van der Waals surface area (Å²) in [6, 6.07) is 9.13. The van der Waals surface area contributed by atoms with Crippen LogP contribution in [-0.4, -0.2) is 24.5 Å². The number of carbonyl (C=O) groups excluding carboxylic acids is 1. The zero-order valence-electron chi connectivity index (χ0n) is 11.3. The summed E-state index contributed by atoms with van der Waals surface area (Å²) in [6.45, 7) is 0.838. The van der Waals surface area contributed by atoms with Crippen LogP contribution < -0.4 is 10.6 Å². The summed E-state index contributed by atoms with van der Waals surface area (Å²) in [6.07, 6.45) is 6.55. The van der Waals surface area contributed by atoms with Gasteiger partial charge in [-0.25, -0.2) is 0 Å². The first-order valence-electron chi connectivity index (χ1n) is 7.43. The van der Waals surface area contributed by atoms with E-state index in [2.05, 4.69) is 34.9 Å². The van der Waals surface area contributed by atoms with Gasteiger partial charge in [-0.1, -0.05) is 24.3 Å². The van der Waals surface area contributed by atoms with E-state index in [1.807, 2.05) is 0 Å². The molecule has 19 heavy (non-hydrogen) atoms. The van der Waals surface area contributed by atoms with Gasteiger partial charge >= 0.3 is 0 Å². The van der Waals surface area contributed by atoms with Crippen molar-refractivity contribution >= 4 is 5.91 Å². The fourth-order valence-corrected chi connectivity index (χ4v) is 3.22. The highest BCUT2D eigenvalue weighted by Gasteiger charge is 2.25. The van der Waals surface area contributed by atoms with Crippen LogP contribution in [0, 0.1) is 0 Å². The van der Waals surface area contributed by atoms with Crippen molar-refractivity contribution in [2.24, 2.45) is 0 Å². The molecule has 1 amide bonds. The number of nitrogens with one attached hydrogen (secondary N) is 2. The van der Waals surface area contributed by atoms with E-state index in [0.29, 0.717) is 6.04 Å². The molecule has 1 saturated heterocycles. The molecule has 0 saturated carbocycles. The minimum Gasteiger partial charge on any atom is -0.355 e. The molecule has 1 fully saturated rings. The van der Waals surface area contributed by atoms with Crippen LogP contribution in [0.15, 0.2) is 24.3 Å². The van der Waals surface area contributed by atoms with Crippen molar-refractivity contribution in [3.05, 3.63) is 35.4 Å². The van der Waals surface area contributed by atoms with Crippen molar-refractivity contribution < 1.29 is 4.79 Å². The number of fused-ring (bicyclic) bond motifs is 1. The number of amides is 1. The molecule has 2 atom stereocenters. The number of aryl methyl sites for hydroxylation is 1. The normalized spacial score (nSPS) is 27.3. The van der Waals surface area contributed by atoms with Crippen molar-refractivity contribution in [3.8, 4) is 0 Å². The maximum Gasteiger partial charge on any atom is 0.237 e. The lowest BCUT2D eigenvalue weighted by atomic mass is 9.88. The fraction of sp³-hybridized carbons (Fsp3) is 0.562. The first kappa shape index (κ1) is 12.7. The van der Waals surface area contributed by atoms with Crippen LogP contribution in [-0.2, 0) is 17.6 Å². The van der Waals surface area contributed by atoms with Gasteiger partial charge in [-0.2, -0.15) is 0 Å². The average molecular weight is 258 g/mol. The smallest absolute Gasteiger partial charge is 0.237 e. The molecule has 0 aromatic heterocycles. The second-order valence-corrected chi connectivity index (χ2v) is 5.71. The molecule has 0 radical (unpaired) electrons. The highest BCUT2D eigenvalue weighted by atomic mass is 16.2. The van der Waals surface area contributed by atoms with Gasteiger partial charge in [0.15, 0.2) is 0 Å². The molecule has 1 aromatic rings. The van der Waals surface area contributed by atoms with Crippen molar-refractivity contribution in [2.75, 3.05) is 6.54 Å². The van der Waals surface area contributed by atoms with Crippen molar-refractivity contribution in [3.63, 3.8) is 0 Å². The highest BCUT2D eigenvalue weighted by Crippen LogP contribution is 2.22. The lowest BCUT2D eigenvalue weighted by Gasteiger charge is -2.28. The molecule has 3 heteroatoms. The van der Waals surface area contributed by atoms with Gasteiger partial charge in [0, 0.05) is 12.6 Å². The molecule has 2 unspecified atom stereocenters. The average Bonchev–Trinajstić information content (AvgIpc) is 2.64. The highest BCUT2D eigenvalue weighted by molar-refractivity contribution is 5.81. The first-order valence-corrected chi connectivity index (χ1v) is 7.43. The molecule has 1 aliphatic heterocycles. The second kappa shape index (κ2) is 5.74. The zero-order valence-corrected chi connectivity index (χ0v) is 11.3. The van der Waals surface area contributed by atoms with Gasteiger partial charge in [-0.3, -0.25) is 4.79 Å². The summed E-state index contributed by atoms with van der Waals surface area (Å²) in [4.78, 5) is 12.0. The van der Waals surface area contributed by atoms with Gasteiger partial charge in [-0.05, 0) is 49.7 Å². The lowest BCUT2D eigenvalue weighted by Crippen LogP contribution is -2.48. The number of rotatable bonds is 2. The van der Waals surface area contributed by atoms with Gasteiger partial charge in [0.05, 0.1) is 6.04 Å². The molecule has 2 aliphatic rings. The standard InChI is InChI=1S/C16H22N2O/c19-16-15(7-3-4-10-17-16)18-14-9-8-12-5-1-2-6-13(12)11-14/h1-2,5-6,14-15,18H,3-4,7-11H2,(H,17,19). The third kappa shape index (κ3) is 2.98. The Balaban J connectivity index is 1.63. The molecule has 1 heterocycles. The van der Waals surface area contributed by atoms with Crippen LogP contribution >= 0.6 is 0 Å². The third-order valence-electron chi connectivity index (χ3n) is 4.32. The molecular formula is C16H22N2O. The topological polar surface area (TPSA) is 41.1 Å². The third-order valence-corrected chi connectivity index (χ3v) is 4.32. The number of hydrogen-bond donors (Lipinski definition) is 2. The summed E-state index contributed by atoms with van der Waals surface area (Å²) >= 11 is 0. The fourth-order valence-electron chi connectivity index (χ4n) is 3.22. The molecule has 0 bridgehead atoms. The van der Waals surface area contributed by atoms with Crippen LogP contribution in [0.4, 0.5) is 0 Å². The molecule has 1 aliphatic carbocycles. The van der Waals surface area contributed by atoms with E-state index in [1.54, 1.807) is 0 Å². The predicted molar refractivity (Wildman–Crippen MR) is 76.0 cm³/mol. The SMILES string of the molecule is O=C1NCCCCC1NC1CCc2ccccc2C1. The van der Waals surface area contributed by atoms with E-state index >= 15 is 0 Å². The summed E-state index contributed by atoms with van der Waals surface area (Å²) in [7, 11) is 0. The Kier molecular flexibility index (Phi) is 3.83. The Hall–Kier alpha value is -1.35. The minimum atomic E-state index is 0.0118. The molecule has 3 rings (SSSR count). The van der Waals surface area contributed by atoms with Crippen LogP contribution in [0.1, 0.15) is 36.8 Å². The summed E-state index contributed by atoms with van der Waals surface area (Å²) in [5.74, 6) is 0.191. The Morgan fingerprint density at radius 1 is 1.11 bits per heavy atom. The van der Waals surface area contributed by atoms with Gasteiger partial charge in [0.25, 0.3) is 0 Å². The summed E-state index contributed by atoms with van der Waals surface area (Å²) < 4.78 is 0. The lowest BCUT2D eigenvalue weighted by molar-refractivity contribution is -0.123. The summed E-state index contributed by atoms with van der Waals surface area (Å²) in [5.41, 5.74) is 2.92. The van der Waals surface area contributed by atoms with E-state index in [0.717, 1.165) is 45.1 Å². The summed E-state index contributed by atoms with van der Waals surface area (Å²) in [5, 5.41) is 6.58. The van der Waals surface area contributed by atoms with Crippen LogP contribution in [0.3, 0.4) is 0 Å². The molecule has 0 spiro atoms. The van der Waals surface area contributed by atoms with E-state index in [1.165, 1.54) is 11.1 Å². The van der Waals surface area contributed by atoms with E-state index in [9.17, 15) is 4.79 Å².